The molecule has 6 nitrogen and oxygen atoms in total. The molecule has 41 heavy (non-hydrogen) atoms. The minimum absolute atomic E-state index is 0.114. The SMILES string of the molecule is CCN1C2=C(C(=O)CC(C)(C)C2)C(c2cccc(OCC(=O)Nc3ccc(C)cc3C)c2)C2=C1CC(C)(C)CC2=O. The van der Waals surface area contributed by atoms with Crippen molar-refractivity contribution >= 4 is 23.2 Å². The highest BCUT2D eigenvalue weighted by atomic mass is 16.5. The van der Waals surface area contributed by atoms with Gasteiger partial charge in [-0.05, 0) is 73.8 Å². The molecule has 1 amide bonds. The Balaban J connectivity index is 1.49. The largest absolute Gasteiger partial charge is 0.484 e. The second-order valence-electron chi connectivity index (χ2n) is 13.5. The van der Waals surface area contributed by atoms with E-state index in [1.807, 2.05) is 56.3 Å². The Morgan fingerprint density at radius 3 is 2.07 bits per heavy atom. The Hall–Kier alpha value is -3.67. The van der Waals surface area contributed by atoms with Crippen molar-refractivity contribution in [2.75, 3.05) is 18.5 Å². The number of Topliss-reactive ketones (excluding diaryl/α,β-unsaturated/α-hetero) is 2. The fraction of sp³-hybridized carbons (Fsp3) is 0.457. The summed E-state index contributed by atoms with van der Waals surface area (Å²) in [4.78, 5) is 42.6. The van der Waals surface area contributed by atoms with Crippen LogP contribution in [-0.4, -0.2) is 35.5 Å². The van der Waals surface area contributed by atoms with E-state index >= 15 is 0 Å². The first kappa shape index (κ1) is 28.8. The van der Waals surface area contributed by atoms with Crippen LogP contribution in [0.4, 0.5) is 5.69 Å². The Bertz CT molecular complexity index is 1440. The number of amides is 1. The van der Waals surface area contributed by atoms with Gasteiger partial charge in [-0.15, -0.1) is 0 Å². The first-order valence-electron chi connectivity index (χ1n) is 14.7. The fourth-order valence-electron chi connectivity index (χ4n) is 6.84. The predicted octanol–water partition coefficient (Wildman–Crippen LogP) is 7.03. The number of nitrogens with zero attached hydrogens (tertiary/aromatic N) is 1. The van der Waals surface area contributed by atoms with Crippen LogP contribution in [0.2, 0.25) is 0 Å². The van der Waals surface area contributed by atoms with Crippen LogP contribution in [0.25, 0.3) is 0 Å². The Labute approximate surface area is 243 Å². The molecule has 216 valence electrons. The zero-order valence-corrected chi connectivity index (χ0v) is 25.4. The minimum atomic E-state index is -0.428. The summed E-state index contributed by atoms with van der Waals surface area (Å²) >= 11 is 0. The number of carbonyl (C=O) groups excluding carboxylic acids is 3. The Morgan fingerprint density at radius 1 is 0.902 bits per heavy atom. The quantitative estimate of drug-likeness (QED) is 0.415. The number of aryl methyl sites for hydroxylation is 2. The summed E-state index contributed by atoms with van der Waals surface area (Å²) < 4.78 is 5.94. The molecule has 0 saturated heterocycles. The number of carbonyl (C=O) groups is 3. The van der Waals surface area contributed by atoms with Crippen LogP contribution in [0.15, 0.2) is 65.0 Å². The van der Waals surface area contributed by atoms with Crippen molar-refractivity contribution in [1.82, 2.24) is 4.90 Å². The van der Waals surface area contributed by atoms with Gasteiger partial charge in [-0.25, -0.2) is 0 Å². The average Bonchev–Trinajstić information content (AvgIpc) is 2.87. The summed E-state index contributed by atoms with van der Waals surface area (Å²) in [7, 11) is 0. The molecule has 3 aliphatic rings. The summed E-state index contributed by atoms with van der Waals surface area (Å²) in [6, 6.07) is 13.5. The lowest BCUT2D eigenvalue weighted by atomic mass is 9.63. The second kappa shape index (κ2) is 10.6. The van der Waals surface area contributed by atoms with Crippen LogP contribution in [0.3, 0.4) is 0 Å². The number of ether oxygens (including phenoxy) is 1. The zero-order chi connectivity index (χ0) is 29.7. The van der Waals surface area contributed by atoms with Crippen LogP contribution < -0.4 is 10.1 Å². The van der Waals surface area contributed by atoms with Crippen LogP contribution in [-0.2, 0) is 14.4 Å². The standard InChI is InChI=1S/C35H42N2O4/c1-8-37-26-16-34(4,5)18-28(38)32(26)31(33-27(37)17-35(6,7)19-29(33)39)23-10-9-11-24(15-23)41-20-30(40)36-25-13-12-21(2)14-22(25)3/h9-15,31H,8,16-20H2,1-7H3,(H,36,40). The molecule has 2 aliphatic carbocycles. The molecular weight excluding hydrogens is 512 g/mol. The molecule has 0 bridgehead atoms. The van der Waals surface area contributed by atoms with Gasteiger partial charge in [0.05, 0.1) is 0 Å². The van der Waals surface area contributed by atoms with Gasteiger partial charge in [0.25, 0.3) is 5.91 Å². The summed E-state index contributed by atoms with van der Waals surface area (Å²) in [6.07, 6.45) is 2.49. The summed E-state index contributed by atoms with van der Waals surface area (Å²) in [6.45, 7) is 15.2. The molecule has 0 fully saturated rings. The molecule has 0 unspecified atom stereocenters. The summed E-state index contributed by atoms with van der Waals surface area (Å²) in [5.41, 5.74) is 7.08. The molecule has 0 radical (unpaired) electrons. The van der Waals surface area contributed by atoms with Crippen molar-refractivity contribution in [2.45, 2.75) is 80.1 Å². The lowest BCUT2D eigenvalue weighted by Crippen LogP contribution is -2.44. The first-order chi connectivity index (χ1) is 19.3. The van der Waals surface area contributed by atoms with Gasteiger partial charge in [-0.3, -0.25) is 14.4 Å². The number of allylic oxidation sites excluding steroid dienone is 4. The fourth-order valence-corrected chi connectivity index (χ4v) is 6.84. The normalized spacial score (nSPS) is 20.1. The molecule has 0 saturated carbocycles. The molecular formula is C35H42N2O4. The Kier molecular flexibility index (Phi) is 7.47. The molecule has 0 aromatic heterocycles. The average molecular weight is 555 g/mol. The van der Waals surface area contributed by atoms with E-state index in [2.05, 4.69) is 44.8 Å². The molecule has 2 aromatic rings. The van der Waals surface area contributed by atoms with E-state index in [9.17, 15) is 14.4 Å². The Morgan fingerprint density at radius 2 is 1.51 bits per heavy atom. The van der Waals surface area contributed by atoms with Gasteiger partial charge in [-0.1, -0.05) is 57.5 Å². The van der Waals surface area contributed by atoms with Crippen molar-refractivity contribution < 1.29 is 19.1 Å². The van der Waals surface area contributed by atoms with Gasteiger partial charge in [0, 0.05) is 53.5 Å². The lowest BCUT2D eigenvalue weighted by molar-refractivity contribution is -0.120. The summed E-state index contributed by atoms with van der Waals surface area (Å²) in [5, 5.41) is 2.92. The number of ketones is 2. The number of hydrogen-bond donors (Lipinski definition) is 1. The van der Waals surface area contributed by atoms with Crippen LogP contribution >= 0.6 is 0 Å². The molecule has 1 heterocycles. The summed E-state index contributed by atoms with van der Waals surface area (Å²) in [5.74, 6) is 0.0874. The van der Waals surface area contributed by atoms with Crippen molar-refractivity contribution in [2.24, 2.45) is 10.8 Å². The third-order valence-electron chi connectivity index (χ3n) is 8.56. The van der Waals surface area contributed by atoms with Gasteiger partial charge in [0.1, 0.15) is 5.75 Å². The van der Waals surface area contributed by atoms with Gasteiger partial charge >= 0.3 is 0 Å². The first-order valence-corrected chi connectivity index (χ1v) is 14.7. The minimum Gasteiger partial charge on any atom is -0.484 e. The van der Waals surface area contributed by atoms with E-state index in [0.29, 0.717) is 18.6 Å². The van der Waals surface area contributed by atoms with Crippen molar-refractivity contribution in [3.63, 3.8) is 0 Å². The molecule has 6 heteroatoms. The topological polar surface area (TPSA) is 75.7 Å². The number of nitrogens with one attached hydrogen (secondary N) is 1. The number of anilines is 1. The van der Waals surface area contributed by atoms with Crippen molar-refractivity contribution in [1.29, 1.82) is 0 Å². The van der Waals surface area contributed by atoms with Crippen LogP contribution in [0.5, 0.6) is 5.75 Å². The molecule has 1 aliphatic heterocycles. The maximum Gasteiger partial charge on any atom is 0.262 e. The molecule has 5 rings (SSSR count). The van der Waals surface area contributed by atoms with E-state index < -0.39 is 5.92 Å². The lowest BCUT2D eigenvalue weighted by Gasteiger charge is -2.48. The van der Waals surface area contributed by atoms with Crippen LogP contribution in [0, 0.1) is 24.7 Å². The van der Waals surface area contributed by atoms with E-state index in [0.717, 1.165) is 64.3 Å². The van der Waals surface area contributed by atoms with E-state index in [-0.39, 0.29) is 34.9 Å². The highest BCUT2D eigenvalue weighted by Gasteiger charge is 2.48. The molecule has 1 N–H and O–H groups in total. The predicted molar refractivity (Wildman–Crippen MR) is 162 cm³/mol. The third kappa shape index (κ3) is 5.74. The highest BCUT2D eigenvalue weighted by molar-refractivity contribution is 6.06. The number of benzene rings is 2. The van der Waals surface area contributed by atoms with E-state index in [1.54, 1.807) is 0 Å². The van der Waals surface area contributed by atoms with Gasteiger partial charge in [-0.2, -0.15) is 0 Å². The maximum atomic E-state index is 13.8. The van der Waals surface area contributed by atoms with Gasteiger partial charge in [0.15, 0.2) is 18.2 Å². The van der Waals surface area contributed by atoms with E-state index in [1.165, 1.54) is 0 Å². The van der Waals surface area contributed by atoms with E-state index in [4.69, 9.17) is 4.74 Å². The number of hydrogen-bond acceptors (Lipinski definition) is 5. The van der Waals surface area contributed by atoms with Gasteiger partial charge in [0.2, 0.25) is 0 Å². The number of rotatable bonds is 6. The monoisotopic (exact) mass is 554 g/mol. The molecule has 0 atom stereocenters. The molecule has 0 spiro atoms. The third-order valence-corrected chi connectivity index (χ3v) is 8.56. The highest BCUT2D eigenvalue weighted by Crippen LogP contribution is 2.54. The second-order valence-corrected chi connectivity index (χ2v) is 13.5. The molecule has 2 aromatic carbocycles. The maximum absolute atomic E-state index is 13.8. The van der Waals surface area contributed by atoms with Gasteiger partial charge < -0.3 is 15.0 Å². The zero-order valence-electron chi connectivity index (χ0n) is 25.4. The van der Waals surface area contributed by atoms with Crippen molar-refractivity contribution in [3.8, 4) is 5.75 Å². The van der Waals surface area contributed by atoms with Crippen LogP contribution in [0.1, 0.15) is 82.9 Å². The van der Waals surface area contributed by atoms with Crippen molar-refractivity contribution in [3.05, 3.63) is 81.7 Å². The smallest absolute Gasteiger partial charge is 0.262 e.